The van der Waals surface area contributed by atoms with Crippen LogP contribution >= 0.6 is 0 Å². The van der Waals surface area contributed by atoms with E-state index in [1.54, 1.807) is 36.2 Å². The number of rotatable bonds is 3. The molecule has 0 atom stereocenters. The van der Waals surface area contributed by atoms with Crippen LogP contribution in [-0.4, -0.2) is 22.1 Å². The van der Waals surface area contributed by atoms with E-state index in [1.807, 2.05) is 24.3 Å². The van der Waals surface area contributed by atoms with Crippen LogP contribution in [-0.2, 0) is 0 Å². The Kier molecular flexibility index (Phi) is 3.16. The van der Waals surface area contributed by atoms with Gasteiger partial charge < -0.3 is 4.74 Å². The number of aromatic nitrogens is 3. The first-order valence-corrected chi connectivity index (χ1v) is 6.09. The molecule has 3 rings (SSSR count). The summed E-state index contributed by atoms with van der Waals surface area (Å²) in [5, 5.41) is 8.03. The molecule has 0 bridgehead atoms. The first-order chi connectivity index (χ1) is 9.78. The highest BCUT2D eigenvalue weighted by Gasteiger charge is 2.09. The Hall–Kier alpha value is -2.69. The number of nitrogens with zero attached hydrogens (tertiary/aromatic N) is 3. The summed E-state index contributed by atoms with van der Waals surface area (Å²) in [6.07, 6.45) is 1.69. The Bertz CT molecular complexity index is 722. The second-order valence-corrected chi connectivity index (χ2v) is 4.23. The van der Waals surface area contributed by atoms with Gasteiger partial charge in [-0.2, -0.15) is 0 Å². The fraction of sp³-hybridized carbons (Fsp3) is 0.0667. The highest BCUT2D eigenvalue weighted by atomic mass is 19.1. The summed E-state index contributed by atoms with van der Waals surface area (Å²) < 4.78 is 20.4. The van der Waals surface area contributed by atoms with Gasteiger partial charge in [-0.25, -0.2) is 9.07 Å². The van der Waals surface area contributed by atoms with Gasteiger partial charge in [0.15, 0.2) is 0 Å². The summed E-state index contributed by atoms with van der Waals surface area (Å²) in [5.74, 6) is 0.456. The van der Waals surface area contributed by atoms with Crippen LogP contribution in [0.1, 0.15) is 0 Å². The predicted molar refractivity (Wildman–Crippen MR) is 73.3 cm³/mol. The van der Waals surface area contributed by atoms with Gasteiger partial charge in [0.2, 0.25) is 0 Å². The first-order valence-electron chi connectivity index (χ1n) is 6.09. The predicted octanol–water partition coefficient (Wildman–Crippen LogP) is 3.08. The third-order valence-electron chi connectivity index (χ3n) is 2.98. The molecule has 0 saturated heterocycles. The van der Waals surface area contributed by atoms with Gasteiger partial charge in [-0.1, -0.05) is 17.3 Å². The minimum atomic E-state index is -0.311. The molecule has 3 aromatic rings. The lowest BCUT2D eigenvalue weighted by Crippen LogP contribution is -1.94. The van der Waals surface area contributed by atoms with Crippen molar-refractivity contribution in [1.29, 1.82) is 0 Å². The highest BCUT2D eigenvalue weighted by Crippen LogP contribution is 2.21. The van der Waals surface area contributed by atoms with Crippen molar-refractivity contribution in [2.75, 3.05) is 7.11 Å². The van der Waals surface area contributed by atoms with Crippen molar-refractivity contribution in [3.05, 3.63) is 60.5 Å². The Morgan fingerprint density at radius 3 is 2.50 bits per heavy atom. The monoisotopic (exact) mass is 269 g/mol. The fourth-order valence-electron chi connectivity index (χ4n) is 1.92. The third-order valence-corrected chi connectivity index (χ3v) is 2.98. The summed E-state index contributed by atoms with van der Waals surface area (Å²) in [5.41, 5.74) is 1.77. The van der Waals surface area contributed by atoms with E-state index in [2.05, 4.69) is 10.3 Å². The zero-order valence-electron chi connectivity index (χ0n) is 10.8. The molecule has 0 amide bonds. The molecule has 1 heterocycles. The van der Waals surface area contributed by atoms with Crippen LogP contribution in [0, 0.1) is 5.82 Å². The molecule has 0 spiro atoms. The Morgan fingerprint density at radius 1 is 1.05 bits per heavy atom. The number of methoxy groups -OCH3 is 1. The van der Waals surface area contributed by atoms with Gasteiger partial charge in [0.05, 0.1) is 19.0 Å². The van der Waals surface area contributed by atoms with Crippen LogP contribution in [0.2, 0.25) is 0 Å². The maximum Gasteiger partial charge on any atom is 0.132 e. The molecular formula is C15H12FN3O. The topological polar surface area (TPSA) is 39.9 Å². The lowest BCUT2D eigenvalue weighted by atomic mass is 10.1. The van der Waals surface area contributed by atoms with Crippen molar-refractivity contribution in [2.45, 2.75) is 0 Å². The molecule has 0 aliphatic carbocycles. The van der Waals surface area contributed by atoms with Crippen molar-refractivity contribution < 1.29 is 9.13 Å². The quantitative estimate of drug-likeness (QED) is 0.733. The molecule has 5 heteroatoms. The number of ether oxygens (including phenoxy) is 1. The zero-order valence-corrected chi connectivity index (χ0v) is 10.8. The molecule has 2 aromatic carbocycles. The van der Waals surface area contributed by atoms with Crippen molar-refractivity contribution in [3.8, 4) is 22.7 Å². The second kappa shape index (κ2) is 5.13. The molecule has 0 radical (unpaired) electrons. The standard InChI is InChI=1S/C15H12FN3O/c1-20-12-8-6-11(7-9-12)19-10-15(17-18-19)13-4-2-3-5-14(13)16/h2-10H,1H3. The van der Waals surface area contributed by atoms with Gasteiger partial charge >= 0.3 is 0 Å². The van der Waals surface area contributed by atoms with Crippen LogP contribution < -0.4 is 4.74 Å². The minimum absolute atomic E-state index is 0.311. The van der Waals surface area contributed by atoms with Crippen LogP contribution in [0.15, 0.2) is 54.7 Å². The molecule has 4 nitrogen and oxygen atoms in total. The summed E-state index contributed by atoms with van der Waals surface area (Å²) in [7, 11) is 1.61. The van der Waals surface area contributed by atoms with Crippen LogP contribution in [0.4, 0.5) is 4.39 Å². The molecule has 0 unspecified atom stereocenters. The fourth-order valence-corrected chi connectivity index (χ4v) is 1.92. The van der Waals surface area contributed by atoms with Crippen molar-refractivity contribution in [2.24, 2.45) is 0 Å². The number of benzene rings is 2. The van der Waals surface area contributed by atoms with E-state index in [0.717, 1.165) is 11.4 Å². The average Bonchev–Trinajstić information content (AvgIpc) is 2.97. The highest BCUT2D eigenvalue weighted by molar-refractivity contribution is 5.58. The molecule has 20 heavy (non-hydrogen) atoms. The van der Waals surface area contributed by atoms with Crippen molar-refractivity contribution in [3.63, 3.8) is 0 Å². The molecule has 0 fully saturated rings. The number of halogens is 1. The lowest BCUT2D eigenvalue weighted by Gasteiger charge is -2.02. The van der Waals surface area contributed by atoms with Crippen molar-refractivity contribution in [1.82, 2.24) is 15.0 Å². The number of hydrogen-bond acceptors (Lipinski definition) is 3. The molecular weight excluding hydrogens is 257 g/mol. The van der Waals surface area contributed by atoms with E-state index in [0.29, 0.717) is 11.3 Å². The van der Waals surface area contributed by atoms with Crippen LogP contribution in [0.25, 0.3) is 16.9 Å². The summed E-state index contributed by atoms with van der Waals surface area (Å²) in [6, 6.07) is 13.9. The third kappa shape index (κ3) is 2.25. The van der Waals surface area contributed by atoms with Gasteiger partial charge in [0.25, 0.3) is 0 Å². The van der Waals surface area contributed by atoms with Crippen LogP contribution in [0.3, 0.4) is 0 Å². The van der Waals surface area contributed by atoms with E-state index in [9.17, 15) is 4.39 Å². The van der Waals surface area contributed by atoms with E-state index >= 15 is 0 Å². The molecule has 0 aliphatic heterocycles. The first kappa shape index (κ1) is 12.3. The molecule has 100 valence electrons. The van der Waals surface area contributed by atoms with Gasteiger partial charge in [-0.3, -0.25) is 0 Å². The van der Waals surface area contributed by atoms with Crippen molar-refractivity contribution >= 4 is 0 Å². The SMILES string of the molecule is COc1ccc(-n2cc(-c3ccccc3F)nn2)cc1. The van der Waals surface area contributed by atoms with Gasteiger partial charge in [-0.15, -0.1) is 5.10 Å². The second-order valence-electron chi connectivity index (χ2n) is 4.23. The minimum Gasteiger partial charge on any atom is -0.497 e. The molecule has 0 N–H and O–H groups in total. The summed E-state index contributed by atoms with van der Waals surface area (Å²) in [6.45, 7) is 0. The average molecular weight is 269 g/mol. The van der Waals surface area contributed by atoms with Gasteiger partial charge in [0, 0.05) is 5.56 Å². The largest absolute Gasteiger partial charge is 0.497 e. The normalized spacial score (nSPS) is 10.5. The summed E-state index contributed by atoms with van der Waals surface area (Å²) >= 11 is 0. The smallest absolute Gasteiger partial charge is 0.132 e. The van der Waals surface area contributed by atoms with E-state index in [1.165, 1.54) is 6.07 Å². The van der Waals surface area contributed by atoms with E-state index < -0.39 is 0 Å². The van der Waals surface area contributed by atoms with Gasteiger partial charge in [0.1, 0.15) is 17.3 Å². The Labute approximate surface area is 115 Å². The number of hydrogen-bond donors (Lipinski definition) is 0. The molecule has 1 aromatic heterocycles. The Balaban J connectivity index is 1.95. The van der Waals surface area contributed by atoms with Crippen LogP contribution in [0.5, 0.6) is 5.75 Å². The lowest BCUT2D eigenvalue weighted by molar-refractivity contribution is 0.414. The van der Waals surface area contributed by atoms with Gasteiger partial charge in [-0.05, 0) is 36.4 Å². The molecule has 0 aliphatic rings. The zero-order chi connectivity index (χ0) is 13.9. The summed E-state index contributed by atoms with van der Waals surface area (Å²) in [4.78, 5) is 0. The van der Waals surface area contributed by atoms with E-state index in [4.69, 9.17) is 4.74 Å². The maximum absolute atomic E-state index is 13.7. The Morgan fingerprint density at radius 2 is 1.80 bits per heavy atom. The van der Waals surface area contributed by atoms with E-state index in [-0.39, 0.29) is 5.82 Å². The molecule has 0 saturated carbocycles. The maximum atomic E-state index is 13.7.